The third kappa shape index (κ3) is 5.28. The number of nitrogens with one attached hydrogen (secondary N) is 1. The Balaban J connectivity index is 1.37. The van der Waals surface area contributed by atoms with Crippen molar-refractivity contribution in [3.63, 3.8) is 0 Å². The van der Waals surface area contributed by atoms with Gasteiger partial charge in [-0.3, -0.25) is 9.36 Å². The van der Waals surface area contributed by atoms with E-state index in [0.29, 0.717) is 41.5 Å². The van der Waals surface area contributed by atoms with Crippen LogP contribution in [0, 0.1) is 0 Å². The summed E-state index contributed by atoms with van der Waals surface area (Å²) < 4.78 is 23.3. The summed E-state index contributed by atoms with van der Waals surface area (Å²) in [6, 6.07) is 21.4. The number of hydrazone groups is 1. The van der Waals surface area contributed by atoms with Gasteiger partial charge in [0.1, 0.15) is 12.7 Å². The van der Waals surface area contributed by atoms with Crippen LogP contribution < -0.4 is 10.2 Å². The van der Waals surface area contributed by atoms with Gasteiger partial charge in [-0.05, 0) is 48.7 Å². The second kappa shape index (κ2) is 11.4. The summed E-state index contributed by atoms with van der Waals surface area (Å²) in [5.41, 5.74) is 8.27. The number of ether oxygens (including phenoxy) is 4. The molecule has 11 nitrogen and oxygen atoms in total. The second-order valence-corrected chi connectivity index (χ2v) is 9.93. The highest BCUT2D eigenvalue weighted by Gasteiger charge is 2.34. The van der Waals surface area contributed by atoms with Crippen molar-refractivity contribution in [1.29, 1.82) is 0 Å². The highest BCUT2D eigenvalue weighted by Crippen LogP contribution is 2.31. The number of para-hydroxylation sites is 1. The fraction of sp³-hybridized carbons (Fsp3) is 0.258. The average Bonchev–Trinajstić information content (AvgIpc) is 3.68. The number of aromatic nitrogens is 2. The van der Waals surface area contributed by atoms with E-state index in [1.807, 2.05) is 60.0 Å². The number of rotatable bonds is 9. The number of nitrogens with zero attached hydrogens (tertiary/aromatic N) is 3. The smallest absolute Gasteiger partial charge is 0.465 e. The average molecular weight is 569 g/mol. The van der Waals surface area contributed by atoms with Gasteiger partial charge in [-0.1, -0.05) is 48.5 Å². The molecular weight excluding hydrogens is 540 g/mol. The van der Waals surface area contributed by atoms with Gasteiger partial charge in [0, 0.05) is 5.56 Å². The third-order valence-corrected chi connectivity index (χ3v) is 7.12. The molecule has 0 spiro atoms. The van der Waals surface area contributed by atoms with Crippen LogP contribution in [0.5, 0.6) is 6.01 Å². The number of carbonyl (C=O) groups is 3. The Morgan fingerprint density at radius 3 is 2.60 bits per heavy atom. The molecule has 1 fully saturated rings. The largest absolute Gasteiger partial charge is 0.509 e. The summed E-state index contributed by atoms with van der Waals surface area (Å²) in [5.74, 6) is -0.755. The molecule has 1 amide bonds. The molecule has 11 heteroatoms. The lowest BCUT2D eigenvalue weighted by Crippen LogP contribution is -2.26. The number of fused-ring (bicyclic) bond motifs is 1. The van der Waals surface area contributed by atoms with Gasteiger partial charge in [-0.2, -0.15) is 10.1 Å². The van der Waals surface area contributed by atoms with Crippen molar-refractivity contribution in [2.24, 2.45) is 5.10 Å². The molecule has 2 atom stereocenters. The van der Waals surface area contributed by atoms with Gasteiger partial charge in [-0.15, -0.1) is 0 Å². The fourth-order valence-electron chi connectivity index (χ4n) is 5.09. The molecule has 2 aliphatic rings. The highest BCUT2D eigenvalue weighted by atomic mass is 16.8. The zero-order valence-corrected chi connectivity index (χ0v) is 23.0. The van der Waals surface area contributed by atoms with Crippen LogP contribution in [0.1, 0.15) is 41.8 Å². The first kappa shape index (κ1) is 27.0. The van der Waals surface area contributed by atoms with Crippen molar-refractivity contribution in [3.8, 4) is 17.1 Å². The summed E-state index contributed by atoms with van der Waals surface area (Å²) in [4.78, 5) is 41.4. The summed E-state index contributed by atoms with van der Waals surface area (Å²) in [6.07, 6.45) is -1.83. The molecule has 4 aromatic rings. The molecule has 214 valence electrons. The van der Waals surface area contributed by atoms with Gasteiger partial charge in [0.15, 0.2) is 6.10 Å². The standard InChI is InChI=1S/C31H28N4O7/c1-3-39-30-32-24-11-7-10-22(29(37)40-17-26-18(2)41-31(38)42-26)28(24)35(30)16-19-12-13-21(20-8-5-4-6-9-20)23(14-19)25-15-27(36)34-33-25/h4-14,18,26H,3,15-17H2,1-2H3,(H,34,36). The highest BCUT2D eigenvalue weighted by molar-refractivity contribution is 6.16. The molecule has 3 aromatic carbocycles. The lowest BCUT2D eigenvalue weighted by molar-refractivity contribution is -0.119. The van der Waals surface area contributed by atoms with Gasteiger partial charge in [0.05, 0.1) is 41.9 Å². The number of carbonyl (C=O) groups excluding carboxylic acids is 3. The molecule has 3 heterocycles. The molecule has 6 rings (SSSR count). The van der Waals surface area contributed by atoms with E-state index in [0.717, 1.165) is 22.3 Å². The fourth-order valence-corrected chi connectivity index (χ4v) is 5.09. The van der Waals surface area contributed by atoms with E-state index in [1.54, 1.807) is 25.1 Å². The Kier molecular flexibility index (Phi) is 7.30. The van der Waals surface area contributed by atoms with Gasteiger partial charge in [0.2, 0.25) is 5.91 Å². The predicted octanol–water partition coefficient (Wildman–Crippen LogP) is 4.46. The van der Waals surface area contributed by atoms with Crippen molar-refractivity contribution >= 4 is 34.8 Å². The van der Waals surface area contributed by atoms with E-state index in [2.05, 4.69) is 15.5 Å². The van der Waals surface area contributed by atoms with Crippen molar-refractivity contribution in [3.05, 3.63) is 83.4 Å². The van der Waals surface area contributed by atoms with Crippen molar-refractivity contribution in [1.82, 2.24) is 15.0 Å². The topological polar surface area (TPSA) is 130 Å². The van der Waals surface area contributed by atoms with E-state index < -0.39 is 24.3 Å². The molecule has 2 aliphatic heterocycles. The maximum atomic E-state index is 13.3. The lowest BCUT2D eigenvalue weighted by atomic mass is 9.93. The summed E-state index contributed by atoms with van der Waals surface area (Å²) in [7, 11) is 0. The Morgan fingerprint density at radius 1 is 1.05 bits per heavy atom. The molecule has 1 N–H and O–H groups in total. The number of hydrogen-bond donors (Lipinski definition) is 1. The van der Waals surface area contributed by atoms with Crippen LogP contribution in [0.25, 0.3) is 22.2 Å². The van der Waals surface area contributed by atoms with Crippen LogP contribution in [0.2, 0.25) is 0 Å². The van der Waals surface area contributed by atoms with E-state index >= 15 is 0 Å². The zero-order valence-electron chi connectivity index (χ0n) is 23.0. The minimum absolute atomic E-state index is 0.145. The van der Waals surface area contributed by atoms with E-state index in [9.17, 15) is 14.4 Å². The van der Waals surface area contributed by atoms with Gasteiger partial charge in [0.25, 0.3) is 6.01 Å². The number of hydrogen-bond acceptors (Lipinski definition) is 9. The molecule has 0 saturated carbocycles. The molecule has 0 bridgehead atoms. The zero-order chi connectivity index (χ0) is 29.2. The van der Waals surface area contributed by atoms with E-state index in [1.165, 1.54) is 0 Å². The monoisotopic (exact) mass is 568 g/mol. The number of imidazole rings is 1. The van der Waals surface area contributed by atoms with Crippen LogP contribution in [-0.4, -0.2) is 58.7 Å². The third-order valence-electron chi connectivity index (χ3n) is 7.12. The van der Waals surface area contributed by atoms with Gasteiger partial charge in [-0.25, -0.2) is 15.0 Å². The number of amides is 1. The van der Waals surface area contributed by atoms with E-state index in [4.69, 9.17) is 18.9 Å². The minimum atomic E-state index is -0.786. The molecule has 1 saturated heterocycles. The Hall–Kier alpha value is -5.19. The predicted molar refractivity (Wildman–Crippen MR) is 152 cm³/mol. The van der Waals surface area contributed by atoms with Crippen molar-refractivity contribution < 1.29 is 33.3 Å². The number of esters is 1. The molecule has 0 aliphatic carbocycles. The quantitative estimate of drug-likeness (QED) is 0.293. The summed E-state index contributed by atoms with van der Waals surface area (Å²) in [5, 5.41) is 4.28. The van der Waals surface area contributed by atoms with Gasteiger partial charge >= 0.3 is 12.1 Å². The van der Waals surface area contributed by atoms with E-state index in [-0.39, 0.29) is 18.9 Å². The first-order valence-corrected chi connectivity index (χ1v) is 13.6. The summed E-state index contributed by atoms with van der Waals surface area (Å²) >= 11 is 0. The van der Waals surface area contributed by atoms with Crippen LogP contribution in [-0.2, 0) is 25.5 Å². The Bertz CT molecular complexity index is 1710. The first-order chi connectivity index (χ1) is 20.4. The Morgan fingerprint density at radius 2 is 1.88 bits per heavy atom. The van der Waals surface area contributed by atoms with Crippen molar-refractivity contribution in [2.45, 2.75) is 39.0 Å². The molecular formula is C31H28N4O7. The minimum Gasteiger partial charge on any atom is -0.465 e. The Labute approximate surface area is 241 Å². The van der Waals surface area contributed by atoms with Crippen molar-refractivity contribution in [2.75, 3.05) is 13.2 Å². The maximum Gasteiger partial charge on any atom is 0.509 e. The molecule has 0 radical (unpaired) electrons. The number of cyclic esters (lactones) is 2. The van der Waals surface area contributed by atoms with Crippen LogP contribution in [0.4, 0.5) is 4.79 Å². The van der Waals surface area contributed by atoms with Crippen LogP contribution in [0.15, 0.2) is 71.8 Å². The molecule has 1 aromatic heterocycles. The maximum absolute atomic E-state index is 13.3. The first-order valence-electron chi connectivity index (χ1n) is 13.6. The second-order valence-electron chi connectivity index (χ2n) is 9.93. The van der Waals surface area contributed by atoms with Crippen LogP contribution >= 0.6 is 0 Å². The molecule has 42 heavy (non-hydrogen) atoms. The number of benzene rings is 3. The van der Waals surface area contributed by atoms with Gasteiger partial charge < -0.3 is 18.9 Å². The van der Waals surface area contributed by atoms with Crippen LogP contribution in [0.3, 0.4) is 0 Å². The SMILES string of the molecule is CCOc1nc2cccc(C(=O)OCC3OC(=O)OC3C)c2n1Cc1ccc(-c2ccccc2)c(C2=NNC(=O)C2)c1. The lowest BCUT2D eigenvalue weighted by Gasteiger charge is -2.15. The summed E-state index contributed by atoms with van der Waals surface area (Å²) in [6.45, 7) is 4.08. The molecule has 2 unspecified atom stereocenters. The normalized spacial score (nSPS) is 17.9.